The number of ketones is 1. The molecule has 1 saturated heterocycles. The predicted molar refractivity (Wildman–Crippen MR) is 147 cm³/mol. The van der Waals surface area contributed by atoms with Gasteiger partial charge in [0.1, 0.15) is 5.54 Å². The van der Waals surface area contributed by atoms with Crippen LogP contribution in [0.15, 0.2) is 24.3 Å². The van der Waals surface area contributed by atoms with E-state index in [1.165, 1.54) is 11.3 Å². The number of amides is 1. The van der Waals surface area contributed by atoms with E-state index in [0.29, 0.717) is 34.6 Å². The van der Waals surface area contributed by atoms with Gasteiger partial charge in [-0.25, -0.2) is 4.98 Å². The number of fused-ring (bicyclic) bond motifs is 2. The molecule has 4 heterocycles. The quantitative estimate of drug-likeness (QED) is 0.403. The molecule has 1 aliphatic carbocycles. The first-order chi connectivity index (χ1) is 17.4. The summed E-state index contributed by atoms with van der Waals surface area (Å²) in [6.07, 6.45) is 4.90. The van der Waals surface area contributed by atoms with Gasteiger partial charge in [0.25, 0.3) is 5.91 Å². The van der Waals surface area contributed by atoms with Crippen LogP contribution in [0, 0.1) is 0 Å². The summed E-state index contributed by atoms with van der Waals surface area (Å²) in [5, 5.41) is 4.98. The van der Waals surface area contributed by atoms with Crippen LogP contribution in [0.4, 0.5) is 0 Å². The topological polar surface area (TPSA) is 113 Å². The summed E-state index contributed by atoms with van der Waals surface area (Å²) in [4.78, 5) is 38.3. The number of H-pyrrole nitrogens is 1. The lowest BCUT2D eigenvalue weighted by Gasteiger charge is -2.36. The van der Waals surface area contributed by atoms with Gasteiger partial charge in [-0.2, -0.15) is 0 Å². The van der Waals surface area contributed by atoms with Gasteiger partial charge in [0.05, 0.1) is 17.4 Å². The Balaban J connectivity index is 0.00000280. The summed E-state index contributed by atoms with van der Waals surface area (Å²) < 4.78 is 5.51. The maximum Gasteiger partial charge on any atom is 0.280 e. The smallest absolute Gasteiger partial charge is 0.280 e. The summed E-state index contributed by atoms with van der Waals surface area (Å²) in [6.45, 7) is 3.43. The van der Waals surface area contributed by atoms with E-state index in [1.54, 1.807) is 12.1 Å². The van der Waals surface area contributed by atoms with E-state index >= 15 is 0 Å². The van der Waals surface area contributed by atoms with E-state index < -0.39 is 11.6 Å². The minimum Gasteiger partial charge on any atom is -0.381 e. The van der Waals surface area contributed by atoms with Crippen molar-refractivity contribution in [1.82, 2.24) is 20.2 Å². The number of carbonyl (C=O) groups is 2. The number of Topliss-reactive ketones (excluding diaryl/α,β-unsaturated/α-hetero) is 1. The molecule has 2 atom stereocenters. The molecule has 8 nitrogen and oxygen atoms in total. The van der Waals surface area contributed by atoms with Crippen molar-refractivity contribution in [1.29, 1.82) is 0 Å². The monoisotopic (exact) mass is 563 g/mol. The molecule has 0 radical (unpaired) electrons. The molecule has 198 valence electrons. The average molecular weight is 565 g/mol. The molecule has 6 rings (SSSR count). The van der Waals surface area contributed by atoms with Gasteiger partial charge in [0.15, 0.2) is 5.01 Å². The van der Waals surface area contributed by atoms with E-state index in [-0.39, 0.29) is 24.1 Å². The van der Waals surface area contributed by atoms with E-state index in [4.69, 9.17) is 22.1 Å². The van der Waals surface area contributed by atoms with Gasteiger partial charge in [-0.05, 0) is 56.4 Å². The van der Waals surface area contributed by atoms with E-state index in [1.807, 2.05) is 12.1 Å². The summed E-state index contributed by atoms with van der Waals surface area (Å²) in [7, 11) is 0. The zero-order valence-corrected chi connectivity index (χ0v) is 22.8. The van der Waals surface area contributed by atoms with Crippen LogP contribution in [0.5, 0.6) is 0 Å². The van der Waals surface area contributed by atoms with Crippen LogP contribution in [0.2, 0.25) is 5.02 Å². The average Bonchev–Trinajstić information content (AvgIpc) is 3.60. The summed E-state index contributed by atoms with van der Waals surface area (Å²) in [5.74, 6) is -0.437. The predicted octanol–water partition coefficient (Wildman–Crippen LogP) is 4.10. The molecule has 3 aliphatic rings. The maximum atomic E-state index is 13.5. The Labute approximate surface area is 230 Å². The molecule has 0 spiro atoms. The van der Waals surface area contributed by atoms with Crippen molar-refractivity contribution in [3.63, 3.8) is 0 Å². The van der Waals surface area contributed by atoms with Gasteiger partial charge in [-0.15, -0.1) is 23.7 Å². The summed E-state index contributed by atoms with van der Waals surface area (Å²) in [5.41, 5.74) is 7.83. The lowest BCUT2D eigenvalue weighted by atomic mass is 9.87. The highest BCUT2D eigenvalue weighted by Gasteiger charge is 2.47. The van der Waals surface area contributed by atoms with Gasteiger partial charge in [-0.3, -0.25) is 14.5 Å². The van der Waals surface area contributed by atoms with Crippen molar-refractivity contribution in [2.75, 3.05) is 19.8 Å². The summed E-state index contributed by atoms with van der Waals surface area (Å²) in [6, 6.07) is 7.31. The molecule has 2 fully saturated rings. The molecule has 1 saturated carbocycles. The number of carbonyl (C=O) groups excluding carboxylic acids is 2. The molecule has 4 N–H and O–H groups in total. The Morgan fingerprint density at radius 3 is 2.86 bits per heavy atom. The number of nitrogens with zero attached hydrogens (tertiary/aromatic N) is 2. The Kier molecular flexibility index (Phi) is 7.64. The van der Waals surface area contributed by atoms with Crippen LogP contribution in [0.25, 0.3) is 10.9 Å². The molecule has 1 aromatic carbocycles. The molecule has 3 aromatic rings. The SMILES string of the molecule is Cl.NC1(C(=O)c2cc3cc(Cl)ccc3[nH]2)CCCC1NC(=O)c1nc2c(s1)CN(C1CCOCC1)CC2. The molecule has 11 heteroatoms. The first-order valence-corrected chi connectivity index (χ1v) is 13.8. The standard InChI is InChI=1S/C26H30ClN5O3S.ClH/c27-16-3-4-18-15(12-16)13-20(29-18)23(33)26(28)8-1-2-22(26)31-24(34)25-30-19-5-9-32(14-21(19)36-25)17-6-10-35-11-7-17;/h3-4,12-13,17,22,29H,1-2,5-11,14,28H2,(H,31,34);1H. The molecule has 2 aromatic heterocycles. The van der Waals surface area contributed by atoms with Crippen molar-refractivity contribution >= 4 is 57.9 Å². The number of nitrogens with two attached hydrogens (primary N) is 1. The molecular formula is C26H31Cl2N5O3S. The molecule has 2 unspecified atom stereocenters. The number of halogens is 2. The Morgan fingerprint density at radius 1 is 1.24 bits per heavy atom. The van der Waals surface area contributed by atoms with Gasteiger partial charge >= 0.3 is 0 Å². The molecule has 1 amide bonds. The van der Waals surface area contributed by atoms with E-state index in [9.17, 15) is 9.59 Å². The third-order valence-electron chi connectivity index (χ3n) is 7.92. The first kappa shape index (κ1) is 26.6. The number of aromatic amines is 1. The number of rotatable bonds is 5. The van der Waals surface area contributed by atoms with Crippen LogP contribution in [-0.2, 0) is 17.7 Å². The lowest BCUT2D eigenvalue weighted by Crippen LogP contribution is -2.60. The normalized spacial score (nSPS) is 24.5. The van der Waals surface area contributed by atoms with Crippen molar-refractivity contribution in [2.24, 2.45) is 5.73 Å². The zero-order chi connectivity index (χ0) is 24.9. The highest BCUT2D eigenvalue weighted by atomic mass is 35.5. The number of benzene rings is 1. The van der Waals surface area contributed by atoms with Gasteiger partial charge in [0, 0.05) is 59.6 Å². The fourth-order valence-electron chi connectivity index (χ4n) is 5.87. The number of nitrogens with one attached hydrogen (secondary N) is 2. The van der Waals surface area contributed by atoms with Crippen molar-refractivity contribution < 1.29 is 14.3 Å². The van der Waals surface area contributed by atoms with Crippen LogP contribution < -0.4 is 11.1 Å². The first-order valence-electron chi connectivity index (χ1n) is 12.6. The van der Waals surface area contributed by atoms with Crippen molar-refractivity contribution in [3.05, 3.63) is 50.6 Å². The Hall–Kier alpha value is -2.01. The van der Waals surface area contributed by atoms with E-state index in [0.717, 1.165) is 73.5 Å². The minimum absolute atomic E-state index is 0. The lowest BCUT2D eigenvalue weighted by molar-refractivity contribution is 0.0293. The molecule has 2 aliphatic heterocycles. The van der Waals surface area contributed by atoms with Crippen LogP contribution in [0.3, 0.4) is 0 Å². The zero-order valence-electron chi connectivity index (χ0n) is 20.4. The minimum atomic E-state index is -1.17. The second-order valence-electron chi connectivity index (χ2n) is 10.2. The third kappa shape index (κ3) is 5.05. The number of hydrogen-bond donors (Lipinski definition) is 3. The largest absolute Gasteiger partial charge is 0.381 e. The van der Waals surface area contributed by atoms with Crippen molar-refractivity contribution in [3.8, 4) is 0 Å². The van der Waals surface area contributed by atoms with Crippen LogP contribution in [-0.4, -0.2) is 63.9 Å². The van der Waals surface area contributed by atoms with Crippen LogP contribution >= 0.6 is 35.3 Å². The molecule has 37 heavy (non-hydrogen) atoms. The molecule has 0 bridgehead atoms. The highest BCUT2D eigenvalue weighted by molar-refractivity contribution is 7.13. The second kappa shape index (κ2) is 10.6. The van der Waals surface area contributed by atoms with Crippen LogP contribution in [0.1, 0.15) is 63.0 Å². The number of hydrogen-bond acceptors (Lipinski definition) is 7. The number of thiazole rings is 1. The Morgan fingerprint density at radius 2 is 2.05 bits per heavy atom. The Bertz CT molecular complexity index is 1320. The highest BCUT2D eigenvalue weighted by Crippen LogP contribution is 2.33. The van der Waals surface area contributed by atoms with Gasteiger partial charge < -0.3 is 20.8 Å². The second-order valence-corrected chi connectivity index (χ2v) is 11.7. The molecular weight excluding hydrogens is 533 g/mol. The van der Waals surface area contributed by atoms with Gasteiger partial charge in [-0.1, -0.05) is 11.6 Å². The van der Waals surface area contributed by atoms with Crippen molar-refractivity contribution in [2.45, 2.75) is 62.7 Å². The number of ether oxygens (including phenoxy) is 1. The summed E-state index contributed by atoms with van der Waals surface area (Å²) >= 11 is 7.57. The van der Waals surface area contributed by atoms with Gasteiger partial charge in [0.2, 0.25) is 5.78 Å². The maximum absolute atomic E-state index is 13.5. The third-order valence-corrected chi connectivity index (χ3v) is 9.24. The number of aromatic nitrogens is 2. The fourth-order valence-corrected chi connectivity index (χ4v) is 7.09. The fraction of sp³-hybridized carbons (Fsp3) is 0.500. The van der Waals surface area contributed by atoms with E-state index in [2.05, 4.69) is 20.2 Å².